The Morgan fingerprint density at radius 1 is 1.04 bits per heavy atom. The first-order valence-corrected chi connectivity index (χ1v) is 17.3. The highest BCUT2D eigenvalue weighted by molar-refractivity contribution is 5.96. The van der Waals surface area contributed by atoms with E-state index in [0.717, 1.165) is 33.5 Å². The minimum absolute atomic E-state index is 0.163. The SMILES string of the molecule is CC(CN(C)C)Oc1nc2c(c(N3CCN(C(=O)OC(C)(C)C)C(CC#N)C3)n1)CCN(c1cc(OC(=O)C(C)(C)C)cc3ccccc13)C2. The zero-order valence-electron chi connectivity index (χ0n) is 30.9. The fourth-order valence-corrected chi connectivity index (χ4v) is 6.37. The molecule has 0 spiro atoms. The Balaban J connectivity index is 1.51. The van der Waals surface area contributed by atoms with Crippen molar-refractivity contribution < 1.29 is 23.8 Å². The van der Waals surface area contributed by atoms with Gasteiger partial charge >= 0.3 is 18.1 Å². The molecule has 5 rings (SSSR count). The van der Waals surface area contributed by atoms with Crippen LogP contribution in [0.5, 0.6) is 11.8 Å². The zero-order valence-corrected chi connectivity index (χ0v) is 30.9. The predicted molar refractivity (Wildman–Crippen MR) is 194 cm³/mol. The highest BCUT2D eigenvalue weighted by Crippen LogP contribution is 2.38. The van der Waals surface area contributed by atoms with Crippen molar-refractivity contribution in [3.63, 3.8) is 0 Å². The number of carbonyl (C=O) groups excluding carboxylic acids is 2. The maximum absolute atomic E-state index is 13.1. The van der Waals surface area contributed by atoms with Crippen molar-refractivity contribution in [2.24, 2.45) is 5.41 Å². The van der Waals surface area contributed by atoms with Crippen molar-refractivity contribution in [2.45, 2.75) is 85.6 Å². The number of hydrogen-bond acceptors (Lipinski definition) is 11. The number of rotatable bonds is 8. The zero-order chi connectivity index (χ0) is 36.4. The lowest BCUT2D eigenvalue weighted by atomic mass is 9.97. The second kappa shape index (κ2) is 14.7. The number of ether oxygens (including phenoxy) is 3. The molecule has 2 aliphatic rings. The van der Waals surface area contributed by atoms with Crippen molar-refractivity contribution in [3.05, 3.63) is 47.7 Å². The normalized spacial score (nSPS) is 17.3. The molecule has 1 amide bonds. The molecule has 1 fully saturated rings. The van der Waals surface area contributed by atoms with Crippen LogP contribution >= 0.6 is 0 Å². The first-order valence-electron chi connectivity index (χ1n) is 17.3. The molecule has 3 heterocycles. The minimum Gasteiger partial charge on any atom is -0.459 e. The number of nitriles is 1. The van der Waals surface area contributed by atoms with Crippen molar-refractivity contribution in [1.29, 1.82) is 5.26 Å². The standard InChI is InChI=1S/C38H51N7O5/c1-25(22-42(8)9)48-35-40-31-24-43(32-21-28(49-34(46)37(2,3)4)20-26-12-10-11-13-29(26)32)17-15-30(31)33(41-35)44-18-19-45(27(23-44)14-16-39)36(47)50-38(5,6)7/h10-13,20-21,25,27H,14-15,17-19,22-24H2,1-9H3. The van der Waals surface area contributed by atoms with Gasteiger partial charge in [-0.2, -0.15) is 15.2 Å². The van der Waals surface area contributed by atoms with Gasteiger partial charge in [0.15, 0.2) is 0 Å². The number of carbonyl (C=O) groups is 2. The van der Waals surface area contributed by atoms with E-state index in [-0.39, 0.29) is 24.5 Å². The summed E-state index contributed by atoms with van der Waals surface area (Å²) in [5.41, 5.74) is 1.54. The Kier molecular flexibility index (Phi) is 10.8. The van der Waals surface area contributed by atoms with Gasteiger partial charge in [0.05, 0.1) is 36.2 Å². The summed E-state index contributed by atoms with van der Waals surface area (Å²) >= 11 is 0. The third kappa shape index (κ3) is 8.74. The summed E-state index contributed by atoms with van der Waals surface area (Å²) < 4.78 is 17.9. The number of aromatic nitrogens is 2. The fourth-order valence-electron chi connectivity index (χ4n) is 6.37. The maximum atomic E-state index is 13.1. The summed E-state index contributed by atoms with van der Waals surface area (Å²) in [6.07, 6.45) is 0.253. The number of esters is 1. The summed E-state index contributed by atoms with van der Waals surface area (Å²) in [7, 11) is 3.99. The van der Waals surface area contributed by atoms with E-state index in [4.69, 9.17) is 24.2 Å². The van der Waals surface area contributed by atoms with Crippen molar-refractivity contribution in [2.75, 3.05) is 56.6 Å². The third-order valence-electron chi connectivity index (χ3n) is 8.67. The molecule has 2 aliphatic heterocycles. The average Bonchev–Trinajstić information content (AvgIpc) is 3.02. The molecular formula is C38H51N7O5. The number of amides is 1. The Labute approximate surface area is 295 Å². The summed E-state index contributed by atoms with van der Waals surface area (Å²) in [6.45, 7) is 16.2. The summed E-state index contributed by atoms with van der Waals surface area (Å²) in [4.78, 5) is 44.1. The molecule has 2 unspecified atom stereocenters. The highest BCUT2D eigenvalue weighted by Gasteiger charge is 2.36. The quantitative estimate of drug-likeness (QED) is 0.211. The number of nitrogens with zero attached hydrogens (tertiary/aromatic N) is 7. The third-order valence-corrected chi connectivity index (χ3v) is 8.67. The molecule has 0 N–H and O–H groups in total. The lowest BCUT2D eigenvalue weighted by molar-refractivity contribution is -0.142. The monoisotopic (exact) mass is 685 g/mol. The Hall–Kier alpha value is -4.63. The molecule has 0 saturated carbocycles. The largest absolute Gasteiger partial charge is 0.459 e. The summed E-state index contributed by atoms with van der Waals surface area (Å²) in [5.74, 6) is 0.974. The van der Waals surface area contributed by atoms with Crippen LogP contribution in [-0.4, -0.2) is 96.4 Å². The number of anilines is 2. The van der Waals surface area contributed by atoms with Crippen LogP contribution in [0.4, 0.5) is 16.3 Å². The van der Waals surface area contributed by atoms with Crippen LogP contribution in [0, 0.1) is 16.7 Å². The molecule has 0 aliphatic carbocycles. The molecule has 1 aromatic heterocycles. The lowest BCUT2D eigenvalue weighted by Crippen LogP contribution is -2.56. The van der Waals surface area contributed by atoms with E-state index in [9.17, 15) is 14.9 Å². The van der Waals surface area contributed by atoms with E-state index in [1.807, 2.05) is 92.9 Å². The van der Waals surface area contributed by atoms with E-state index in [2.05, 4.69) is 26.8 Å². The molecular weight excluding hydrogens is 634 g/mol. The van der Waals surface area contributed by atoms with E-state index < -0.39 is 17.1 Å². The van der Waals surface area contributed by atoms with Crippen LogP contribution in [-0.2, 0) is 22.5 Å². The highest BCUT2D eigenvalue weighted by atomic mass is 16.6. The molecule has 1 saturated heterocycles. The van der Waals surface area contributed by atoms with Gasteiger partial charge in [-0.1, -0.05) is 24.3 Å². The minimum atomic E-state index is -0.645. The molecule has 0 radical (unpaired) electrons. The summed E-state index contributed by atoms with van der Waals surface area (Å²) in [6, 6.07) is 14.1. The lowest BCUT2D eigenvalue weighted by Gasteiger charge is -2.42. The van der Waals surface area contributed by atoms with E-state index in [1.165, 1.54) is 0 Å². The van der Waals surface area contributed by atoms with E-state index in [1.54, 1.807) is 4.90 Å². The van der Waals surface area contributed by atoms with Crippen LogP contribution in [0.1, 0.15) is 66.1 Å². The van der Waals surface area contributed by atoms with Crippen LogP contribution in [0.25, 0.3) is 10.8 Å². The number of piperazine rings is 1. The van der Waals surface area contributed by atoms with Gasteiger partial charge in [-0.15, -0.1) is 0 Å². The van der Waals surface area contributed by atoms with Crippen LogP contribution in [0.3, 0.4) is 0 Å². The van der Waals surface area contributed by atoms with Gasteiger partial charge in [-0.25, -0.2) is 4.79 Å². The van der Waals surface area contributed by atoms with Crippen LogP contribution in [0.2, 0.25) is 0 Å². The molecule has 2 aromatic carbocycles. The molecule has 268 valence electrons. The smallest absolute Gasteiger partial charge is 0.410 e. The molecule has 3 aromatic rings. The van der Waals surface area contributed by atoms with Gasteiger partial charge in [-0.05, 0) is 80.4 Å². The molecule has 2 atom stereocenters. The first-order chi connectivity index (χ1) is 23.5. The molecule has 0 bridgehead atoms. The Morgan fingerprint density at radius 3 is 2.46 bits per heavy atom. The number of likely N-dealkylation sites (N-methyl/N-ethyl adjacent to an activating group) is 1. The predicted octanol–water partition coefficient (Wildman–Crippen LogP) is 5.81. The summed E-state index contributed by atoms with van der Waals surface area (Å²) in [5, 5.41) is 11.7. The topological polar surface area (TPSA) is 124 Å². The van der Waals surface area contributed by atoms with E-state index in [0.29, 0.717) is 57.4 Å². The molecule has 50 heavy (non-hydrogen) atoms. The average molecular weight is 686 g/mol. The Bertz CT molecular complexity index is 1760. The van der Waals surface area contributed by atoms with Gasteiger partial charge in [0.2, 0.25) is 0 Å². The Morgan fingerprint density at radius 2 is 1.78 bits per heavy atom. The number of fused-ring (bicyclic) bond motifs is 2. The van der Waals surface area contributed by atoms with Gasteiger partial charge < -0.3 is 33.8 Å². The van der Waals surface area contributed by atoms with Gasteiger partial charge in [0, 0.05) is 55.4 Å². The van der Waals surface area contributed by atoms with Gasteiger partial charge in [0.25, 0.3) is 0 Å². The second-order valence-corrected chi connectivity index (χ2v) is 15.6. The van der Waals surface area contributed by atoms with Crippen LogP contribution in [0.15, 0.2) is 36.4 Å². The van der Waals surface area contributed by atoms with Gasteiger partial charge in [-0.3, -0.25) is 4.79 Å². The second-order valence-electron chi connectivity index (χ2n) is 15.6. The van der Waals surface area contributed by atoms with Crippen LogP contribution < -0.4 is 19.3 Å². The molecule has 12 nitrogen and oxygen atoms in total. The van der Waals surface area contributed by atoms with Gasteiger partial charge in [0.1, 0.15) is 23.3 Å². The first kappa shape index (κ1) is 36.6. The number of benzene rings is 2. The van der Waals surface area contributed by atoms with Crippen molar-refractivity contribution in [1.82, 2.24) is 19.8 Å². The number of hydrogen-bond donors (Lipinski definition) is 0. The van der Waals surface area contributed by atoms with Crippen molar-refractivity contribution >= 4 is 34.3 Å². The maximum Gasteiger partial charge on any atom is 0.410 e. The molecule has 12 heteroatoms. The van der Waals surface area contributed by atoms with E-state index >= 15 is 0 Å². The van der Waals surface area contributed by atoms with Crippen molar-refractivity contribution in [3.8, 4) is 17.8 Å². The fraction of sp³-hybridized carbons (Fsp3) is 0.553.